The summed E-state index contributed by atoms with van der Waals surface area (Å²) in [4.78, 5) is 21.4. The van der Waals surface area contributed by atoms with Crippen molar-refractivity contribution in [1.82, 2.24) is 0 Å². The lowest BCUT2D eigenvalue weighted by Crippen LogP contribution is -2.12. The molecule has 1 aromatic carbocycles. The normalized spacial score (nSPS) is 9.93. The number of hydrogen-bond acceptors (Lipinski definition) is 4. The summed E-state index contributed by atoms with van der Waals surface area (Å²) < 4.78 is 4.80. The fourth-order valence-electron chi connectivity index (χ4n) is 1.11. The van der Waals surface area contributed by atoms with Gasteiger partial charge in [0, 0.05) is 18.2 Å². The maximum absolute atomic E-state index is 11.0. The Morgan fingerprint density at radius 1 is 1.40 bits per heavy atom. The number of carbonyl (C=O) groups excluding carboxylic acids is 1. The van der Waals surface area contributed by atoms with Gasteiger partial charge in [-0.3, -0.25) is 4.79 Å². The first kappa shape index (κ1) is 11.2. The van der Waals surface area contributed by atoms with Crippen LogP contribution in [0.15, 0.2) is 18.2 Å². The Kier molecular flexibility index (Phi) is 3.41. The molecule has 0 saturated heterocycles. The third kappa shape index (κ3) is 2.54. The van der Waals surface area contributed by atoms with Crippen molar-refractivity contribution < 1.29 is 24.5 Å². The number of carboxylic acids is 1. The zero-order valence-corrected chi connectivity index (χ0v) is 8.06. The van der Waals surface area contributed by atoms with Crippen LogP contribution in [0.25, 0.3) is 0 Å². The summed E-state index contributed by atoms with van der Waals surface area (Å²) in [6, 6.07) is 3.91. The zero-order chi connectivity index (χ0) is 11.4. The van der Waals surface area contributed by atoms with Crippen LogP contribution in [0, 0.1) is 0 Å². The van der Waals surface area contributed by atoms with Gasteiger partial charge in [0.2, 0.25) is 0 Å². The summed E-state index contributed by atoms with van der Waals surface area (Å²) >= 11 is 0. The van der Waals surface area contributed by atoms with Gasteiger partial charge in [-0.1, -0.05) is 12.1 Å². The lowest BCUT2D eigenvalue weighted by Gasteiger charge is -2.04. The van der Waals surface area contributed by atoms with E-state index in [0.717, 1.165) is 6.07 Å². The Balaban J connectivity index is 3.01. The van der Waals surface area contributed by atoms with Crippen LogP contribution in [0.5, 0.6) is 5.75 Å². The van der Waals surface area contributed by atoms with Gasteiger partial charge in [0.1, 0.15) is 5.75 Å². The van der Waals surface area contributed by atoms with Gasteiger partial charge >= 0.3 is 5.97 Å². The quantitative estimate of drug-likeness (QED) is 0.567. The van der Waals surface area contributed by atoms with Crippen molar-refractivity contribution in [1.29, 1.82) is 0 Å². The molecule has 0 spiro atoms. The lowest BCUT2D eigenvalue weighted by atomic mass is 10.1. The number of methoxy groups -OCH3 is 1. The molecular weight excluding hydrogens is 200 g/mol. The van der Waals surface area contributed by atoms with Crippen molar-refractivity contribution in [3.63, 3.8) is 0 Å². The average molecular weight is 210 g/mol. The van der Waals surface area contributed by atoms with Crippen molar-refractivity contribution in [3.05, 3.63) is 29.3 Å². The smallest absolute Gasteiger partial charge is 0.377 e. The first-order valence-corrected chi connectivity index (χ1v) is 4.14. The second-order valence-electron chi connectivity index (χ2n) is 2.91. The summed E-state index contributed by atoms with van der Waals surface area (Å²) in [5.41, 5.74) is 0.444. The largest absolute Gasteiger partial charge is 0.508 e. The number of aliphatic carboxylic acids is 1. The number of benzene rings is 1. The summed E-state index contributed by atoms with van der Waals surface area (Å²) in [6.45, 7) is 0.202. The van der Waals surface area contributed by atoms with E-state index < -0.39 is 11.8 Å². The molecule has 0 fully saturated rings. The molecule has 80 valence electrons. The molecule has 1 rings (SSSR count). The monoisotopic (exact) mass is 210 g/mol. The molecule has 5 nitrogen and oxygen atoms in total. The number of ether oxygens (including phenoxy) is 1. The van der Waals surface area contributed by atoms with E-state index in [1.54, 1.807) is 0 Å². The van der Waals surface area contributed by atoms with Gasteiger partial charge in [-0.2, -0.15) is 0 Å². The molecule has 0 aromatic heterocycles. The van der Waals surface area contributed by atoms with E-state index in [9.17, 15) is 14.7 Å². The summed E-state index contributed by atoms with van der Waals surface area (Å²) in [5, 5.41) is 17.9. The highest BCUT2D eigenvalue weighted by molar-refractivity contribution is 6.39. The molecule has 0 heterocycles. The Hall–Kier alpha value is -1.88. The van der Waals surface area contributed by atoms with Crippen LogP contribution < -0.4 is 0 Å². The van der Waals surface area contributed by atoms with E-state index in [-0.39, 0.29) is 17.9 Å². The fraction of sp³-hybridized carbons (Fsp3) is 0.200. The van der Waals surface area contributed by atoms with Crippen molar-refractivity contribution in [2.75, 3.05) is 7.11 Å². The van der Waals surface area contributed by atoms with E-state index in [1.807, 2.05) is 0 Å². The highest BCUT2D eigenvalue weighted by Crippen LogP contribution is 2.19. The summed E-state index contributed by atoms with van der Waals surface area (Å²) in [7, 11) is 1.47. The molecule has 0 unspecified atom stereocenters. The van der Waals surface area contributed by atoms with Crippen LogP contribution in [-0.4, -0.2) is 29.1 Å². The number of Topliss-reactive ketones (excluding diaryl/α,β-unsaturated/α-hetero) is 1. The minimum atomic E-state index is -1.55. The number of phenols is 1. The number of carboxylic acid groups (broad SMARTS) is 1. The Morgan fingerprint density at radius 3 is 2.53 bits per heavy atom. The molecule has 0 aliphatic rings. The van der Waals surface area contributed by atoms with Crippen LogP contribution in [0.1, 0.15) is 15.9 Å². The average Bonchev–Trinajstić information content (AvgIpc) is 2.20. The summed E-state index contributed by atoms with van der Waals surface area (Å²) in [6.07, 6.45) is 0. The first-order chi connectivity index (χ1) is 7.06. The predicted molar refractivity (Wildman–Crippen MR) is 50.8 cm³/mol. The molecular formula is C10H10O5. The Morgan fingerprint density at radius 2 is 2.07 bits per heavy atom. The van der Waals surface area contributed by atoms with E-state index in [4.69, 9.17) is 9.84 Å². The lowest BCUT2D eigenvalue weighted by molar-refractivity contribution is -0.131. The molecule has 0 aliphatic heterocycles. The van der Waals surface area contributed by atoms with Gasteiger partial charge < -0.3 is 14.9 Å². The fourth-order valence-corrected chi connectivity index (χ4v) is 1.11. The molecule has 0 saturated carbocycles. The van der Waals surface area contributed by atoms with Gasteiger partial charge in [0.25, 0.3) is 5.78 Å². The van der Waals surface area contributed by atoms with Crippen LogP contribution in [-0.2, 0) is 16.1 Å². The van der Waals surface area contributed by atoms with E-state index in [2.05, 4.69) is 0 Å². The standard InChI is InChI=1S/C10H10O5/c1-15-5-7-3-2-6(4-8(7)11)9(12)10(13)14/h2-4,11H,5H2,1H3,(H,13,14). The first-order valence-electron chi connectivity index (χ1n) is 4.14. The maximum atomic E-state index is 11.0. The van der Waals surface area contributed by atoms with Crippen LogP contribution >= 0.6 is 0 Å². The number of aromatic hydroxyl groups is 1. The second-order valence-corrected chi connectivity index (χ2v) is 2.91. The van der Waals surface area contributed by atoms with Crippen molar-refractivity contribution >= 4 is 11.8 Å². The van der Waals surface area contributed by atoms with E-state index in [0.29, 0.717) is 5.56 Å². The Bertz CT molecular complexity index is 397. The molecule has 15 heavy (non-hydrogen) atoms. The highest BCUT2D eigenvalue weighted by atomic mass is 16.5. The minimum absolute atomic E-state index is 0.0557. The second kappa shape index (κ2) is 4.56. The molecule has 5 heteroatoms. The highest BCUT2D eigenvalue weighted by Gasteiger charge is 2.15. The zero-order valence-electron chi connectivity index (χ0n) is 8.06. The van der Waals surface area contributed by atoms with Crippen molar-refractivity contribution in [3.8, 4) is 5.75 Å². The molecule has 0 radical (unpaired) electrons. The number of rotatable bonds is 4. The third-order valence-electron chi connectivity index (χ3n) is 1.84. The maximum Gasteiger partial charge on any atom is 0.377 e. The topological polar surface area (TPSA) is 83.8 Å². The van der Waals surface area contributed by atoms with Crippen molar-refractivity contribution in [2.24, 2.45) is 0 Å². The molecule has 0 bridgehead atoms. The predicted octanol–water partition coefficient (Wildman–Crippen LogP) is 0.806. The number of ketones is 1. The molecule has 2 N–H and O–H groups in total. The van der Waals surface area contributed by atoms with Gasteiger partial charge in [0.15, 0.2) is 0 Å². The molecule has 0 aliphatic carbocycles. The number of phenolic OH excluding ortho intramolecular Hbond substituents is 1. The van der Waals surface area contributed by atoms with Crippen LogP contribution in [0.2, 0.25) is 0 Å². The third-order valence-corrected chi connectivity index (χ3v) is 1.84. The number of carbonyl (C=O) groups is 2. The van der Waals surface area contributed by atoms with Gasteiger partial charge in [-0.05, 0) is 6.07 Å². The van der Waals surface area contributed by atoms with Crippen molar-refractivity contribution in [2.45, 2.75) is 6.61 Å². The molecule has 0 atom stereocenters. The van der Waals surface area contributed by atoms with E-state index in [1.165, 1.54) is 19.2 Å². The number of hydrogen-bond donors (Lipinski definition) is 2. The van der Waals surface area contributed by atoms with Gasteiger partial charge in [0.05, 0.1) is 6.61 Å². The molecule has 0 amide bonds. The van der Waals surface area contributed by atoms with Crippen LogP contribution in [0.4, 0.5) is 0 Å². The van der Waals surface area contributed by atoms with Gasteiger partial charge in [-0.15, -0.1) is 0 Å². The minimum Gasteiger partial charge on any atom is -0.508 e. The van der Waals surface area contributed by atoms with Crippen LogP contribution in [0.3, 0.4) is 0 Å². The van der Waals surface area contributed by atoms with E-state index >= 15 is 0 Å². The summed E-state index contributed by atoms with van der Waals surface area (Å²) in [5.74, 6) is -2.74. The Labute approximate surface area is 85.9 Å². The van der Waals surface area contributed by atoms with Gasteiger partial charge in [-0.25, -0.2) is 4.79 Å². The SMILES string of the molecule is COCc1ccc(C(=O)C(=O)O)cc1O. The molecule has 1 aromatic rings.